The predicted molar refractivity (Wildman–Crippen MR) is 112 cm³/mol. The Morgan fingerprint density at radius 1 is 1.00 bits per heavy atom. The Morgan fingerprint density at radius 2 is 1.69 bits per heavy atom. The zero-order valence-corrected chi connectivity index (χ0v) is 16.8. The number of thioether (sulfide) groups is 1. The van der Waals surface area contributed by atoms with Gasteiger partial charge in [0.2, 0.25) is 0 Å². The van der Waals surface area contributed by atoms with Crippen molar-refractivity contribution >= 4 is 33.3 Å². The molecule has 0 bridgehead atoms. The molecule has 4 rings (SSSR count). The molecule has 0 aliphatic rings. The summed E-state index contributed by atoms with van der Waals surface area (Å²) in [5.41, 5.74) is 1.37. The number of hydrogen-bond donors (Lipinski definition) is 0. The molecule has 0 aliphatic carbocycles. The van der Waals surface area contributed by atoms with E-state index in [9.17, 15) is 13.6 Å². The average Bonchev–Trinajstić information content (AvgIpc) is 3.19. The van der Waals surface area contributed by atoms with Crippen molar-refractivity contribution in [3.05, 3.63) is 87.5 Å². The molecule has 0 fully saturated rings. The van der Waals surface area contributed by atoms with Gasteiger partial charge in [0.25, 0.3) is 5.56 Å². The third-order valence-corrected chi connectivity index (χ3v) is 6.01. The Hall–Kier alpha value is -2.71. The summed E-state index contributed by atoms with van der Waals surface area (Å²) in [6.45, 7) is 0.686. The largest absolute Gasteiger partial charge is 0.493 e. The van der Waals surface area contributed by atoms with E-state index in [1.54, 1.807) is 28.8 Å². The lowest BCUT2D eigenvalue weighted by Crippen LogP contribution is -2.23. The monoisotopic (exact) mass is 430 g/mol. The molecule has 0 atom stereocenters. The molecule has 2 aromatic carbocycles. The van der Waals surface area contributed by atoms with E-state index in [1.165, 1.54) is 47.4 Å². The standard InChI is InChI=1S/C21H16F2N2O2S2/c22-15-3-1-14(2-4-15)13-25-20(26)19-18(9-11-28-19)24-21(25)29-12-10-27-17-7-5-16(23)6-8-17/h1-9,11H,10,12-13H2. The van der Waals surface area contributed by atoms with Crippen LogP contribution in [0.15, 0.2) is 69.9 Å². The summed E-state index contributed by atoms with van der Waals surface area (Å²) >= 11 is 2.76. The van der Waals surface area contributed by atoms with E-state index in [4.69, 9.17) is 4.74 Å². The van der Waals surface area contributed by atoms with Gasteiger partial charge in [0, 0.05) is 5.75 Å². The summed E-state index contributed by atoms with van der Waals surface area (Å²) in [6, 6.07) is 13.7. The van der Waals surface area contributed by atoms with Gasteiger partial charge < -0.3 is 4.74 Å². The molecule has 29 heavy (non-hydrogen) atoms. The molecule has 0 spiro atoms. The smallest absolute Gasteiger partial charge is 0.272 e. The molecule has 4 aromatic rings. The number of hydrogen-bond acceptors (Lipinski definition) is 5. The summed E-state index contributed by atoms with van der Waals surface area (Å²) in [5.74, 6) is 0.505. The number of nitrogens with zero attached hydrogens (tertiary/aromatic N) is 2. The molecular weight excluding hydrogens is 414 g/mol. The second kappa shape index (κ2) is 8.75. The number of rotatable bonds is 7. The van der Waals surface area contributed by atoms with Gasteiger partial charge in [-0.25, -0.2) is 13.8 Å². The van der Waals surface area contributed by atoms with Gasteiger partial charge in [-0.05, 0) is 53.4 Å². The minimum atomic E-state index is -0.319. The molecule has 148 valence electrons. The Labute approximate surface area is 173 Å². The van der Waals surface area contributed by atoms with Crippen LogP contribution in [0.2, 0.25) is 0 Å². The van der Waals surface area contributed by atoms with Gasteiger partial charge in [0.15, 0.2) is 5.16 Å². The number of ether oxygens (including phenoxy) is 1. The Morgan fingerprint density at radius 3 is 2.41 bits per heavy atom. The highest BCUT2D eigenvalue weighted by molar-refractivity contribution is 7.99. The molecule has 2 aromatic heterocycles. The highest BCUT2D eigenvalue weighted by Crippen LogP contribution is 2.22. The lowest BCUT2D eigenvalue weighted by Gasteiger charge is -2.12. The van der Waals surface area contributed by atoms with E-state index < -0.39 is 0 Å². The number of aromatic nitrogens is 2. The first-order valence-electron chi connectivity index (χ1n) is 8.84. The number of thiophene rings is 1. The van der Waals surface area contributed by atoms with E-state index >= 15 is 0 Å². The summed E-state index contributed by atoms with van der Waals surface area (Å²) in [6.07, 6.45) is 0. The normalized spacial score (nSPS) is 11.1. The summed E-state index contributed by atoms with van der Waals surface area (Å²) in [4.78, 5) is 17.6. The fourth-order valence-electron chi connectivity index (χ4n) is 2.77. The van der Waals surface area contributed by atoms with Crippen molar-refractivity contribution in [1.82, 2.24) is 9.55 Å². The molecule has 0 saturated carbocycles. The van der Waals surface area contributed by atoms with Gasteiger partial charge in [-0.15, -0.1) is 11.3 Å². The SMILES string of the molecule is O=c1c2sccc2nc(SCCOc2ccc(F)cc2)n1Cc1ccc(F)cc1. The summed E-state index contributed by atoms with van der Waals surface area (Å²) < 4.78 is 34.0. The van der Waals surface area contributed by atoms with Crippen LogP contribution < -0.4 is 10.3 Å². The van der Waals surface area contributed by atoms with Gasteiger partial charge in [-0.2, -0.15) is 0 Å². The van der Waals surface area contributed by atoms with Gasteiger partial charge in [-0.1, -0.05) is 23.9 Å². The van der Waals surface area contributed by atoms with Gasteiger partial charge in [0.05, 0.1) is 18.7 Å². The van der Waals surface area contributed by atoms with E-state index in [0.717, 1.165) is 5.56 Å². The van der Waals surface area contributed by atoms with Crippen molar-refractivity contribution in [2.45, 2.75) is 11.7 Å². The quantitative estimate of drug-likeness (QED) is 0.236. The van der Waals surface area contributed by atoms with Crippen molar-refractivity contribution in [3.63, 3.8) is 0 Å². The molecule has 0 radical (unpaired) electrons. The van der Waals surface area contributed by atoms with Crippen molar-refractivity contribution in [2.24, 2.45) is 0 Å². The van der Waals surface area contributed by atoms with Crippen molar-refractivity contribution in [1.29, 1.82) is 0 Å². The third-order valence-electron chi connectivity index (χ3n) is 4.18. The summed E-state index contributed by atoms with van der Waals surface area (Å²) in [5, 5.41) is 2.42. The Balaban J connectivity index is 1.52. The van der Waals surface area contributed by atoms with Crippen LogP contribution in [0.25, 0.3) is 10.2 Å². The van der Waals surface area contributed by atoms with Crippen LogP contribution in [0.5, 0.6) is 5.75 Å². The van der Waals surface area contributed by atoms with Crippen molar-refractivity contribution in [3.8, 4) is 5.75 Å². The predicted octanol–water partition coefficient (Wildman–Crippen LogP) is 4.96. The van der Waals surface area contributed by atoms with Crippen LogP contribution in [0.1, 0.15) is 5.56 Å². The molecule has 2 heterocycles. The van der Waals surface area contributed by atoms with Gasteiger partial charge in [-0.3, -0.25) is 9.36 Å². The minimum absolute atomic E-state index is 0.115. The lowest BCUT2D eigenvalue weighted by atomic mass is 10.2. The number of benzene rings is 2. The van der Waals surface area contributed by atoms with E-state index in [-0.39, 0.29) is 17.2 Å². The van der Waals surface area contributed by atoms with Crippen LogP contribution in [0.4, 0.5) is 8.78 Å². The van der Waals surface area contributed by atoms with Gasteiger partial charge >= 0.3 is 0 Å². The molecule has 0 N–H and O–H groups in total. The Bertz CT molecular complexity index is 1170. The zero-order valence-electron chi connectivity index (χ0n) is 15.2. The fourth-order valence-corrected chi connectivity index (χ4v) is 4.36. The first-order chi connectivity index (χ1) is 14.1. The zero-order chi connectivity index (χ0) is 20.2. The van der Waals surface area contributed by atoms with E-state index in [1.807, 2.05) is 11.4 Å². The van der Waals surface area contributed by atoms with Gasteiger partial charge in [0.1, 0.15) is 22.1 Å². The highest BCUT2D eigenvalue weighted by Gasteiger charge is 2.13. The van der Waals surface area contributed by atoms with Crippen LogP contribution in [0, 0.1) is 11.6 Å². The average molecular weight is 431 g/mol. The minimum Gasteiger partial charge on any atom is -0.493 e. The maximum atomic E-state index is 13.2. The van der Waals surface area contributed by atoms with Crippen molar-refractivity contribution in [2.75, 3.05) is 12.4 Å². The van der Waals surface area contributed by atoms with Crippen molar-refractivity contribution < 1.29 is 13.5 Å². The molecule has 0 aliphatic heterocycles. The van der Waals surface area contributed by atoms with Crippen LogP contribution in [-0.4, -0.2) is 21.9 Å². The van der Waals surface area contributed by atoms with Crippen LogP contribution in [0.3, 0.4) is 0 Å². The fraction of sp³-hybridized carbons (Fsp3) is 0.143. The van der Waals surface area contributed by atoms with E-state index in [0.29, 0.717) is 40.0 Å². The van der Waals surface area contributed by atoms with E-state index in [2.05, 4.69) is 4.98 Å². The third kappa shape index (κ3) is 4.65. The lowest BCUT2D eigenvalue weighted by molar-refractivity contribution is 0.343. The molecule has 0 unspecified atom stereocenters. The van der Waals surface area contributed by atoms with Crippen LogP contribution >= 0.6 is 23.1 Å². The number of halogens is 2. The molecular formula is C21H16F2N2O2S2. The highest BCUT2D eigenvalue weighted by atomic mass is 32.2. The Kier molecular flexibility index (Phi) is 5.92. The molecule has 0 amide bonds. The maximum Gasteiger partial charge on any atom is 0.272 e. The molecule has 4 nitrogen and oxygen atoms in total. The topological polar surface area (TPSA) is 44.1 Å². The second-order valence-electron chi connectivity index (χ2n) is 6.20. The van der Waals surface area contributed by atoms with Crippen LogP contribution in [-0.2, 0) is 6.54 Å². The molecule has 0 saturated heterocycles. The molecule has 8 heteroatoms. The first kappa shape index (κ1) is 19.6. The maximum absolute atomic E-state index is 13.2. The summed E-state index contributed by atoms with van der Waals surface area (Å²) in [7, 11) is 0. The number of fused-ring (bicyclic) bond motifs is 1. The second-order valence-corrected chi connectivity index (χ2v) is 8.18. The first-order valence-corrected chi connectivity index (χ1v) is 10.7.